The molecule has 0 aliphatic carbocycles. The molecule has 0 aliphatic rings. The maximum atomic E-state index is 11.2. The van der Waals surface area contributed by atoms with Crippen molar-refractivity contribution in [3.05, 3.63) is 0 Å². The van der Waals surface area contributed by atoms with E-state index in [2.05, 4.69) is 0 Å². The van der Waals surface area contributed by atoms with Crippen LogP contribution in [0.4, 0.5) is 0 Å². The van der Waals surface area contributed by atoms with Gasteiger partial charge in [0.2, 0.25) is 5.91 Å². The molecule has 32 heavy (non-hydrogen) atoms. The molecule has 13 nitrogen and oxygen atoms in total. The van der Waals surface area contributed by atoms with Gasteiger partial charge in [-0.05, 0) is 0 Å². The number of rotatable bonds is 16. The maximum Gasteiger partial charge on any atom is 1.00 e. The molecule has 0 radical (unpaired) electrons. The van der Waals surface area contributed by atoms with Gasteiger partial charge in [0.05, 0.1) is 31.6 Å². The minimum atomic E-state index is -1.47. The van der Waals surface area contributed by atoms with Crippen LogP contribution in [0.5, 0.6) is 0 Å². The molecule has 0 fully saturated rings. The number of carboxylic acid groups (broad SMARTS) is 4. The fraction of sp³-hybridized carbons (Fsp3) is 0.643. The summed E-state index contributed by atoms with van der Waals surface area (Å²) in [4.78, 5) is 57.6. The Balaban J connectivity index is -0.000000338. The number of carboxylic acids is 4. The summed E-state index contributed by atoms with van der Waals surface area (Å²) in [7, 11) is 0. The van der Waals surface area contributed by atoms with Gasteiger partial charge in [0.1, 0.15) is 0 Å². The quantitative estimate of drug-likeness (QED) is 0.167. The minimum Gasteiger partial charge on any atom is -0.549 e. The second kappa shape index (κ2) is 27.8. The summed E-state index contributed by atoms with van der Waals surface area (Å²) in [5, 5.41) is 38.9. The number of nitrogens with two attached hydrogens (primary N) is 1. The van der Waals surface area contributed by atoms with Crippen molar-refractivity contribution < 1.29 is 192 Å². The molecular formula is C14H22N4Na5O9+3. The molecule has 18 heteroatoms. The van der Waals surface area contributed by atoms with Crippen LogP contribution in [0.2, 0.25) is 0 Å². The average Bonchev–Trinajstić information content (AvgIpc) is 2.46. The normalized spacial score (nSPS) is 9.34. The van der Waals surface area contributed by atoms with Crippen LogP contribution >= 0.6 is 0 Å². The Kier molecular flexibility index (Phi) is 41.2. The van der Waals surface area contributed by atoms with E-state index < -0.39 is 56.0 Å². The van der Waals surface area contributed by atoms with Crippen LogP contribution in [0.25, 0.3) is 0 Å². The third-order valence-electron chi connectivity index (χ3n) is 3.27. The van der Waals surface area contributed by atoms with Crippen LogP contribution in [0, 0.1) is 0 Å². The van der Waals surface area contributed by atoms with E-state index in [0.717, 1.165) is 9.80 Å². The Labute approximate surface area is 296 Å². The van der Waals surface area contributed by atoms with Gasteiger partial charge in [0.15, 0.2) is 0 Å². The Bertz CT molecular complexity index is 503. The number of primary amides is 1. The summed E-state index contributed by atoms with van der Waals surface area (Å²) in [6.45, 7) is -2.68. The molecule has 4 N–H and O–H groups in total. The van der Waals surface area contributed by atoms with E-state index >= 15 is 0 Å². The molecule has 0 aromatic carbocycles. The molecule has 154 valence electrons. The van der Waals surface area contributed by atoms with E-state index in [4.69, 9.17) is 15.9 Å². The number of carbonyl (C=O) groups excluding carboxylic acids is 3. The molecule has 0 aromatic rings. The van der Waals surface area contributed by atoms with E-state index in [1.54, 1.807) is 0 Å². The SMILES string of the molecule is NC(=O)CN(CCN(CC(=O)[O-])CC(=O)O)CCN(CC(=O)[O-])CC(=O)O.[Na+].[Na+].[Na+].[Na+].[Na+]. The Morgan fingerprint density at radius 2 is 0.844 bits per heavy atom. The predicted octanol–water partition coefficient (Wildman–Crippen LogP) is -20.9. The largest absolute Gasteiger partial charge is 1.00 e. The summed E-state index contributed by atoms with van der Waals surface area (Å²) in [5.74, 6) is -6.17. The van der Waals surface area contributed by atoms with E-state index in [-0.39, 0.29) is 181 Å². The van der Waals surface area contributed by atoms with Gasteiger partial charge in [-0.25, -0.2) is 0 Å². The van der Waals surface area contributed by atoms with Gasteiger partial charge in [-0.2, -0.15) is 0 Å². The predicted molar refractivity (Wildman–Crippen MR) is 83.8 cm³/mol. The molecule has 0 spiro atoms. The molecule has 0 rings (SSSR count). The number of aliphatic carboxylic acids is 4. The van der Waals surface area contributed by atoms with Gasteiger partial charge in [-0.3, -0.25) is 29.1 Å². The van der Waals surface area contributed by atoms with Crippen LogP contribution in [-0.2, 0) is 24.0 Å². The second-order valence-electron chi connectivity index (χ2n) is 5.70. The number of nitrogens with zero attached hydrogens (tertiary/aromatic N) is 3. The molecule has 1 amide bonds. The van der Waals surface area contributed by atoms with E-state index in [1.165, 1.54) is 4.90 Å². The second-order valence-corrected chi connectivity index (χ2v) is 5.70. The van der Waals surface area contributed by atoms with E-state index in [9.17, 15) is 34.2 Å². The third-order valence-corrected chi connectivity index (χ3v) is 3.27. The zero-order valence-electron chi connectivity index (χ0n) is 19.5. The topological polar surface area (TPSA) is 208 Å². The van der Waals surface area contributed by atoms with Gasteiger partial charge < -0.3 is 35.7 Å². The Morgan fingerprint density at radius 1 is 0.562 bits per heavy atom. The van der Waals surface area contributed by atoms with E-state index in [0.29, 0.717) is 0 Å². The van der Waals surface area contributed by atoms with Crippen molar-refractivity contribution in [3.63, 3.8) is 0 Å². The first-order valence-electron chi connectivity index (χ1n) is 7.78. The van der Waals surface area contributed by atoms with Crippen molar-refractivity contribution in [1.82, 2.24) is 14.7 Å². The summed E-state index contributed by atoms with van der Waals surface area (Å²) >= 11 is 0. The monoisotopic (exact) mass is 505 g/mol. The Morgan fingerprint density at radius 3 is 1.06 bits per heavy atom. The first kappa shape index (κ1) is 47.4. The van der Waals surface area contributed by atoms with Crippen LogP contribution in [0.15, 0.2) is 0 Å². The van der Waals surface area contributed by atoms with Crippen molar-refractivity contribution in [2.24, 2.45) is 5.73 Å². The first-order valence-corrected chi connectivity index (χ1v) is 7.78. The van der Waals surface area contributed by atoms with Crippen LogP contribution in [0.3, 0.4) is 0 Å². The number of carbonyl (C=O) groups is 5. The fourth-order valence-corrected chi connectivity index (χ4v) is 2.23. The summed E-state index contributed by atoms with van der Waals surface area (Å²) < 4.78 is 0. The van der Waals surface area contributed by atoms with Crippen LogP contribution in [-0.4, -0.2) is 114 Å². The Hall–Kier alpha value is 2.23. The average molecular weight is 505 g/mol. The van der Waals surface area contributed by atoms with Crippen LogP contribution < -0.4 is 164 Å². The molecule has 0 unspecified atom stereocenters. The van der Waals surface area contributed by atoms with Crippen molar-refractivity contribution in [2.45, 2.75) is 0 Å². The van der Waals surface area contributed by atoms with Gasteiger partial charge in [0, 0.05) is 39.3 Å². The molecule has 0 aliphatic heterocycles. The summed E-state index contributed by atoms with van der Waals surface area (Å²) in [6, 6.07) is 0. The minimum absolute atomic E-state index is 0. The zero-order valence-corrected chi connectivity index (χ0v) is 29.5. The molecule has 0 atom stereocenters. The fourth-order valence-electron chi connectivity index (χ4n) is 2.23. The zero-order chi connectivity index (χ0) is 21.0. The smallest absolute Gasteiger partial charge is 0.549 e. The van der Waals surface area contributed by atoms with Crippen molar-refractivity contribution in [3.8, 4) is 0 Å². The molecule has 0 heterocycles. The van der Waals surface area contributed by atoms with Gasteiger partial charge in [-0.15, -0.1) is 0 Å². The van der Waals surface area contributed by atoms with Crippen molar-refractivity contribution >= 4 is 29.8 Å². The summed E-state index contributed by atoms with van der Waals surface area (Å²) in [6.07, 6.45) is 0. The molecule has 0 bridgehead atoms. The molecule has 0 aromatic heterocycles. The van der Waals surface area contributed by atoms with Gasteiger partial charge in [0.25, 0.3) is 0 Å². The molecule has 0 saturated heterocycles. The first-order chi connectivity index (χ1) is 12.5. The number of hydrogen-bond donors (Lipinski definition) is 3. The van der Waals surface area contributed by atoms with Crippen molar-refractivity contribution in [1.29, 1.82) is 0 Å². The standard InChI is InChI=1S/C14H24N4O9.5Na/c15-10(19)5-16(1-3-17(6-11(20)21)7-12(22)23)2-4-18(8-13(24)25)9-14(26)27;;;;;/h1-9H2,(H2,15,19)(H,20,21)(H,22,23)(H,24,25)(H,26,27);;;;;/q;5*+1/p-2. The number of hydrogen-bond acceptors (Lipinski definition) is 10. The number of amides is 1. The van der Waals surface area contributed by atoms with E-state index in [1.807, 2.05) is 0 Å². The molecule has 0 saturated carbocycles. The summed E-state index contributed by atoms with van der Waals surface area (Å²) in [5.41, 5.74) is 5.12. The van der Waals surface area contributed by atoms with Gasteiger partial charge >= 0.3 is 160 Å². The molecular weight excluding hydrogens is 483 g/mol. The van der Waals surface area contributed by atoms with Crippen LogP contribution in [0.1, 0.15) is 0 Å². The third kappa shape index (κ3) is 30.3. The maximum absolute atomic E-state index is 11.2. The van der Waals surface area contributed by atoms with Crippen molar-refractivity contribution in [2.75, 3.05) is 58.9 Å². The van der Waals surface area contributed by atoms with Gasteiger partial charge in [-0.1, -0.05) is 0 Å².